The number of hydrogen-bond acceptors (Lipinski definition) is 5. The van der Waals surface area contributed by atoms with Crippen LogP contribution in [0.25, 0.3) is 0 Å². The molecule has 0 bridgehead atoms. The summed E-state index contributed by atoms with van der Waals surface area (Å²) in [4.78, 5) is 29.9. The van der Waals surface area contributed by atoms with Gasteiger partial charge >= 0.3 is 0 Å². The lowest BCUT2D eigenvalue weighted by Gasteiger charge is -2.33. The van der Waals surface area contributed by atoms with Crippen LogP contribution in [0.15, 0.2) is 0 Å². The number of ether oxygens (including phenoxy) is 1. The Labute approximate surface area is 128 Å². The van der Waals surface area contributed by atoms with Crippen LogP contribution in [0.1, 0.15) is 43.9 Å². The highest BCUT2D eigenvalue weighted by Crippen LogP contribution is 2.21. The molecule has 0 aliphatic carbocycles. The summed E-state index contributed by atoms with van der Waals surface area (Å²) in [5.41, 5.74) is 0. The zero-order chi connectivity index (χ0) is 15.5. The standard InChI is InChI=1S/C14H21N5O3/c1-2-3-11-16-13(18-17-11)10-8-19(6-7-22-10)14(21)9-4-5-12(20)15-9/h9-10H,2-8H2,1H3,(H,15,20)(H,16,17,18)/t9-,10+/m1/s1. The molecular weight excluding hydrogens is 286 g/mol. The van der Waals surface area contributed by atoms with Crippen LogP contribution in [0.3, 0.4) is 0 Å². The molecule has 0 saturated carbocycles. The number of carbonyl (C=O) groups is 2. The van der Waals surface area contributed by atoms with Crippen LogP contribution in [-0.4, -0.2) is 57.6 Å². The molecule has 0 radical (unpaired) electrons. The van der Waals surface area contributed by atoms with Gasteiger partial charge in [-0.15, -0.1) is 0 Å². The number of nitrogens with zero attached hydrogens (tertiary/aromatic N) is 3. The van der Waals surface area contributed by atoms with Gasteiger partial charge in [0.1, 0.15) is 18.0 Å². The highest BCUT2D eigenvalue weighted by atomic mass is 16.5. The summed E-state index contributed by atoms with van der Waals surface area (Å²) in [6.45, 7) is 3.49. The van der Waals surface area contributed by atoms with E-state index >= 15 is 0 Å². The average molecular weight is 307 g/mol. The van der Waals surface area contributed by atoms with Crippen molar-refractivity contribution in [2.45, 2.75) is 44.8 Å². The van der Waals surface area contributed by atoms with Crippen molar-refractivity contribution in [1.82, 2.24) is 25.4 Å². The Kier molecular flexibility index (Phi) is 4.37. The van der Waals surface area contributed by atoms with Crippen molar-refractivity contribution in [3.63, 3.8) is 0 Å². The number of carbonyl (C=O) groups excluding carboxylic acids is 2. The number of aryl methyl sites for hydroxylation is 1. The summed E-state index contributed by atoms with van der Waals surface area (Å²) in [7, 11) is 0. The SMILES string of the molecule is CCCc1nc([C@@H]2CN(C(=O)[C@H]3CCC(=O)N3)CCO2)n[nH]1. The molecule has 3 rings (SSSR count). The van der Waals surface area contributed by atoms with Crippen molar-refractivity contribution in [1.29, 1.82) is 0 Å². The van der Waals surface area contributed by atoms with Crippen molar-refractivity contribution < 1.29 is 14.3 Å². The van der Waals surface area contributed by atoms with E-state index in [1.54, 1.807) is 4.90 Å². The fraction of sp³-hybridized carbons (Fsp3) is 0.714. The molecule has 22 heavy (non-hydrogen) atoms. The average Bonchev–Trinajstić information content (AvgIpc) is 3.16. The van der Waals surface area contributed by atoms with Crippen LogP contribution >= 0.6 is 0 Å². The number of morpholine rings is 1. The largest absolute Gasteiger partial charge is 0.366 e. The van der Waals surface area contributed by atoms with E-state index in [4.69, 9.17) is 4.74 Å². The molecule has 8 nitrogen and oxygen atoms in total. The zero-order valence-electron chi connectivity index (χ0n) is 12.7. The second kappa shape index (κ2) is 6.43. The van der Waals surface area contributed by atoms with Crippen molar-refractivity contribution in [3.8, 4) is 0 Å². The van der Waals surface area contributed by atoms with Gasteiger partial charge in [0.25, 0.3) is 0 Å². The zero-order valence-corrected chi connectivity index (χ0v) is 12.7. The molecule has 2 aliphatic heterocycles. The van der Waals surface area contributed by atoms with Gasteiger partial charge < -0.3 is 15.0 Å². The van der Waals surface area contributed by atoms with Crippen molar-refractivity contribution in [2.24, 2.45) is 0 Å². The first-order chi connectivity index (χ1) is 10.7. The van der Waals surface area contributed by atoms with Gasteiger partial charge in [-0.25, -0.2) is 4.98 Å². The van der Waals surface area contributed by atoms with Gasteiger partial charge in [0.05, 0.1) is 13.2 Å². The molecule has 0 aromatic carbocycles. The number of nitrogens with one attached hydrogen (secondary N) is 2. The van der Waals surface area contributed by atoms with Crippen LogP contribution in [0.5, 0.6) is 0 Å². The maximum Gasteiger partial charge on any atom is 0.245 e. The molecule has 2 aliphatic rings. The molecule has 2 fully saturated rings. The third-order valence-electron chi connectivity index (χ3n) is 4.00. The number of rotatable bonds is 4. The Morgan fingerprint density at radius 2 is 2.36 bits per heavy atom. The minimum atomic E-state index is -0.394. The third kappa shape index (κ3) is 3.11. The summed E-state index contributed by atoms with van der Waals surface area (Å²) >= 11 is 0. The highest BCUT2D eigenvalue weighted by molar-refractivity contribution is 5.90. The van der Waals surface area contributed by atoms with E-state index in [0.29, 0.717) is 38.4 Å². The number of hydrogen-bond donors (Lipinski definition) is 2. The molecule has 2 saturated heterocycles. The smallest absolute Gasteiger partial charge is 0.245 e. The second-order valence-electron chi connectivity index (χ2n) is 5.69. The fourth-order valence-corrected chi connectivity index (χ4v) is 2.83. The predicted molar refractivity (Wildman–Crippen MR) is 76.8 cm³/mol. The Hall–Kier alpha value is -1.96. The summed E-state index contributed by atoms with van der Waals surface area (Å²) < 4.78 is 5.69. The molecule has 1 aromatic heterocycles. The highest BCUT2D eigenvalue weighted by Gasteiger charge is 2.34. The summed E-state index contributed by atoms with van der Waals surface area (Å²) in [5.74, 6) is 1.34. The fourth-order valence-electron chi connectivity index (χ4n) is 2.83. The van der Waals surface area contributed by atoms with Crippen molar-refractivity contribution in [3.05, 3.63) is 11.6 Å². The first-order valence-electron chi connectivity index (χ1n) is 7.78. The minimum Gasteiger partial charge on any atom is -0.366 e. The van der Waals surface area contributed by atoms with Gasteiger partial charge in [-0.05, 0) is 12.8 Å². The molecule has 1 aromatic rings. The molecule has 0 spiro atoms. The van der Waals surface area contributed by atoms with Gasteiger partial charge in [-0.1, -0.05) is 6.92 Å². The quantitative estimate of drug-likeness (QED) is 0.811. The molecular formula is C14H21N5O3. The normalized spacial score (nSPS) is 25.3. The second-order valence-corrected chi connectivity index (χ2v) is 5.69. The Morgan fingerprint density at radius 1 is 1.50 bits per heavy atom. The van der Waals surface area contributed by atoms with Crippen molar-refractivity contribution >= 4 is 11.8 Å². The lowest BCUT2D eigenvalue weighted by Crippen LogP contribution is -2.49. The molecule has 0 unspecified atom stereocenters. The Bertz CT molecular complexity index is 558. The van der Waals surface area contributed by atoms with Gasteiger partial charge in [0, 0.05) is 19.4 Å². The first-order valence-corrected chi connectivity index (χ1v) is 7.78. The first kappa shape index (κ1) is 15.0. The summed E-state index contributed by atoms with van der Waals surface area (Å²) in [6, 6.07) is -0.394. The van der Waals surface area contributed by atoms with E-state index in [-0.39, 0.29) is 17.9 Å². The van der Waals surface area contributed by atoms with E-state index < -0.39 is 6.04 Å². The Morgan fingerprint density at radius 3 is 3.09 bits per heavy atom. The number of amides is 2. The minimum absolute atomic E-state index is 0.0385. The summed E-state index contributed by atoms with van der Waals surface area (Å²) in [5, 5.41) is 9.82. The number of aromatic amines is 1. The van der Waals surface area contributed by atoms with Gasteiger partial charge in [0.15, 0.2) is 5.82 Å². The van der Waals surface area contributed by atoms with Gasteiger partial charge in [0.2, 0.25) is 11.8 Å². The maximum atomic E-state index is 12.4. The lowest BCUT2D eigenvalue weighted by molar-refractivity contribution is -0.142. The molecule has 8 heteroatoms. The van der Waals surface area contributed by atoms with Crippen LogP contribution < -0.4 is 5.32 Å². The van der Waals surface area contributed by atoms with E-state index in [9.17, 15) is 9.59 Å². The monoisotopic (exact) mass is 307 g/mol. The van der Waals surface area contributed by atoms with E-state index in [0.717, 1.165) is 18.7 Å². The van der Waals surface area contributed by atoms with Gasteiger partial charge in [-0.2, -0.15) is 5.10 Å². The van der Waals surface area contributed by atoms with Crippen LogP contribution in [-0.2, 0) is 20.7 Å². The molecule has 3 heterocycles. The molecule has 2 atom stereocenters. The van der Waals surface area contributed by atoms with E-state index in [1.165, 1.54) is 0 Å². The van der Waals surface area contributed by atoms with Crippen LogP contribution in [0.4, 0.5) is 0 Å². The van der Waals surface area contributed by atoms with E-state index in [2.05, 4.69) is 27.4 Å². The summed E-state index contributed by atoms with van der Waals surface area (Å²) in [6.07, 6.45) is 2.52. The topological polar surface area (TPSA) is 100 Å². The van der Waals surface area contributed by atoms with E-state index in [1.807, 2.05) is 0 Å². The maximum absolute atomic E-state index is 12.4. The third-order valence-corrected chi connectivity index (χ3v) is 4.00. The van der Waals surface area contributed by atoms with Crippen molar-refractivity contribution in [2.75, 3.05) is 19.7 Å². The van der Waals surface area contributed by atoms with Crippen LogP contribution in [0, 0.1) is 0 Å². The Balaban J connectivity index is 1.63. The lowest BCUT2D eigenvalue weighted by atomic mass is 10.1. The number of aromatic nitrogens is 3. The molecule has 2 amide bonds. The number of H-pyrrole nitrogens is 1. The molecule has 120 valence electrons. The van der Waals surface area contributed by atoms with Crippen LogP contribution in [0.2, 0.25) is 0 Å². The van der Waals surface area contributed by atoms with Gasteiger partial charge in [-0.3, -0.25) is 14.7 Å². The molecule has 2 N–H and O–H groups in total. The predicted octanol–water partition coefficient (Wildman–Crippen LogP) is -0.0643.